The Morgan fingerprint density at radius 3 is 2.63 bits per heavy atom. The van der Waals surface area contributed by atoms with E-state index in [1.807, 2.05) is 6.07 Å². The van der Waals surface area contributed by atoms with Gasteiger partial charge in [-0.05, 0) is 30.9 Å². The number of nitrogens with one attached hydrogen (secondary N) is 2. The molecule has 0 radical (unpaired) electrons. The van der Waals surface area contributed by atoms with Crippen molar-refractivity contribution < 1.29 is 9.59 Å². The van der Waals surface area contributed by atoms with Crippen LogP contribution in [-0.4, -0.2) is 22.8 Å². The number of carbonyl (C=O) groups is 2. The monoisotopic (exact) mass is 261 g/mol. The average molecular weight is 261 g/mol. The van der Waals surface area contributed by atoms with Gasteiger partial charge in [0.25, 0.3) is 0 Å². The van der Waals surface area contributed by atoms with Gasteiger partial charge in [-0.3, -0.25) is 9.59 Å². The van der Waals surface area contributed by atoms with Gasteiger partial charge in [0.05, 0.1) is 0 Å². The lowest BCUT2D eigenvalue weighted by Crippen LogP contribution is -2.47. The van der Waals surface area contributed by atoms with Gasteiger partial charge in [0.2, 0.25) is 11.8 Å². The van der Waals surface area contributed by atoms with Crippen molar-refractivity contribution in [1.29, 1.82) is 0 Å². The van der Waals surface area contributed by atoms with Crippen molar-refractivity contribution in [3.8, 4) is 0 Å². The highest BCUT2D eigenvalue weighted by molar-refractivity contribution is 5.96. The zero-order valence-electron chi connectivity index (χ0n) is 11.1. The summed E-state index contributed by atoms with van der Waals surface area (Å²) in [5, 5.41) is 5.52. The Kier molecular flexibility index (Phi) is 4.49. The highest BCUT2D eigenvalue weighted by Crippen LogP contribution is 2.28. The molecule has 0 bridgehead atoms. The smallest absolute Gasteiger partial charge is 0.248 e. The Morgan fingerprint density at radius 1 is 1.32 bits per heavy atom. The Balaban J connectivity index is 2.04. The second-order valence-corrected chi connectivity index (χ2v) is 4.93. The van der Waals surface area contributed by atoms with Crippen LogP contribution in [0.2, 0.25) is 0 Å². The first-order valence-electron chi connectivity index (χ1n) is 6.66. The quantitative estimate of drug-likeness (QED) is 0.866. The molecule has 2 N–H and O–H groups in total. The number of carbonyl (C=O) groups excluding carboxylic acids is 2. The molecule has 0 aliphatic heterocycles. The topological polar surface area (TPSA) is 71.1 Å². The second kappa shape index (κ2) is 6.31. The molecule has 2 rings (SSSR count). The number of hydrogen-bond acceptors (Lipinski definition) is 3. The summed E-state index contributed by atoms with van der Waals surface area (Å²) in [6.07, 6.45) is 5.84. The Hall–Kier alpha value is -1.91. The van der Waals surface area contributed by atoms with E-state index in [0.717, 1.165) is 25.7 Å². The van der Waals surface area contributed by atoms with Gasteiger partial charge in [0.1, 0.15) is 11.9 Å². The Labute approximate surface area is 112 Å². The molecular formula is C14H19N3O2. The molecule has 0 spiro atoms. The summed E-state index contributed by atoms with van der Waals surface area (Å²) in [6.45, 7) is 1.44. The van der Waals surface area contributed by atoms with Gasteiger partial charge < -0.3 is 10.6 Å². The zero-order chi connectivity index (χ0) is 13.7. The van der Waals surface area contributed by atoms with Crippen molar-refractivity contribution in [1.82, 2.24) is 10.3 Å². The van der Waals surface area contributed by atoms with Gasteiger partial charge in [-0.25, -0.2) is 4.98 Å². The lowest BCUT2D eigenvalue weighted by molar-refractivity contribution is -0.126. The molecule has 2 amide bonds. The molecule has 1 saturated carbocycles. The van der Waals surface area contributed by atoms with E-state index in [1.54, 1.807) is 18.3 Å². The van der Waals surface area contributed by atoms with E-state index in [9.17, 15) is 9.59 Å². The summed E-state index contributed by atoms with van der Waals surface area (Å²) in [4.78, 5) is 27.6. The largest absolute Gasteiger partial charge is 0.344 e. The first-order chi connectivity index (χ1) is 9.16. The maximum atomic E-state index is 12.3. The maximum Gasteiger partial charge on any atom is 0.248 e. The van der Waals surface area contributed by atoms with Crippen LogP contribution in [0.5, 0.6) is 0 Å². The number of nitrogens with zero attached hydrogens (tertiary/aromatic N) is 1. The van der Waals surface area contributed by atoms with Crippen LogP contribution in [0, 0.1) is 5.92 Å². The summed E-state index contributed by atoms with van der Waals surface area (Å²) < 4.78 is 0. The third-order valence-corrected chi connectivity index (χ3v) is 3.43. The molecule has 1 heterocycles. The summed E-state index contributed by atoms with van der Waals surface area (Å²) in [5.41, 5.74) is 0. The summed E-state index contributed by atoms with van der Waals surface area (Å²) >= 11 is 0. The van der Waals surface area contributed by atoms with Crippen LogP contribution < -0.4 is 10.6 Å². The third kappa shape index (κ3) is 3.77. The third-order valence-electron chi connectivity index (χ3n) is 3.43. The van der Waals surface area contributed by atoms with Crippen molar-refractivity contribution in [3.63, 3.8) is 0 Å². The predicted molar refractivity (Wildman–Crippen MR) is 72.4 cm³/mol. The maximum absolute atomic E-state index is 12.3. The van der Waals surface area contributed by atoms with Crippen LogP contribution in [0.25, 0.3) is 0 Å². The molecule has 1 aliphatic rings. The fourth-order valence-corrected chi connectivity index (χ4v) is 2.55. The van der Waals surface area contributed by atoms with E-state index < -0.39 is 6.04 Å². The molecule has 1 aromatic rings. The normalized spacial score (nSPS) is 16.9. The first-order valence-corrected chi connectivity index (χ1v) is 6.66. The number of rotatable bonds is 4. The molecule has 1 fully saturated rings. The van der Waals surface area contributed by atoms with Gasteiger partial charge in [-0.15, -0.1) is 0 Å². The molecule has 1 aromatic heterocycles. The van der Waals surface area contributed by atoms with Crippen molar-refractivity contribution in [2.45, 2.75) is 38.6 Å². The van der Waals surface area contributed by atoms with Crippen molar-refractivity contribution in [3.05, 3.63) is 24.4 Å². The Morgan fingerprint density at radius 2 is 2.05 bits per heavy atom. The number of anilines is 1. The molecule has 1 aliphatic carbocycles. The minimum Gasteiger partial charge on any atom is -0.344 e. The van der Waals surface area contributed by atoms with Crippen LogP contribution in [0.1, 0.15) is 32.6 Å². The highest BCUT2D eigenvalue weighted by Gasteiger charge is 2.31. The van der Waals surface area contributed by atoms with E-state index in [2.05, 4.69) is 15.6 Å². The molecule has 0 saturated heterocycles. The van der Waals surface area contributed by atoms with E-state index >= 15 is 0 Å². The van der Waals surface area contributed by atoms with E-state index in [4.69, 9.17) is 0 Å². The average Bonchev–Trinajstić information content (AvgIpc) is 2.90. The predicted octanol–water partition coefficient (Wildman–Crippen LogP) is 1.71. The molecule has 19 heavy (non-hydrogen) atoms. The zero-order valence-corrected chi connectivity index (χ0v) is 11.1. The molecule has 0 aromatic carbocycles. The van der Waals surface area contributed by atoms with Gasteiger partial charge >= 0.3 is 0 Å². The lowest BCUT2D eigenvalue weighted by atomic mass is 9.97. The SMILES string of the molecule is CC(=O)NC(C(=O)Nc1ccccn1)C1CCCC1. The van der Waals surface area contributed by atoms with Gasteiger partial charge in [0, 0.05) is 13.1 Å². The number of amides is 2. The van der Waals surface area contributed by atoms with Crippen molar-refractivity contribution >= 4 is 17.6 Å². The lowest BCUT2D eigenvalue weighted by Gasteiger charge is -2.23. The van der Waals surface area contributed by atoms with Crippen LogP contribution >= 0.6 is 0 Å². The molecule has 5 nitrogen and oxygen atoms in total. The first kappa shape index (κ1) is 13.5. The summed E-state index contributed by atoms with van der Waals surface area (Å²) in [5.74, 6) is 0.391. The van der Waals surface area contributed by atoms with E-state index in [1.165, 1.54) is 6.92 Å². The van der Waals surface area contributed by atoms with Crippen LogP contribution in [0.15, 0.2) is 24.4 Å². The fraction of sp³-hybridized carbons (Fsp3) is 0.500. The summed E-state index contributed by atoms with van der Waals surface area (Å²) in [7, 11) is 0. The van der Waals surface area contributed by atoms with Gasteiger partial charge in [-0.2, -0.15) is 0 Å². The molecule has 1 unspecified atom stereocenters. The molecule has 1 atom stereocenters. The summed E-state index contributed by atoms with van der Waals surface area (Å²) in [6, 6.07) is 4.88. The van der Waals surface area contributed by atoms with Crippen molar-refractivity contribution in [2.24, 2.45) is 5.92 Å². The second-order valence-electron chi connectivity index (χ2n) is 4.93. The van der Waals surface area contributed by atoms with Gasteiger partial charge in [0.15, 0.2) is 0 Å². The van der Waals surface area contributed by atoms with Gasteiger partial charge in [-0.1, -0.05) is 18.9 Å². The Bertz CT molecular complexity index is 441. The van der Waals surface area contributed by atoms with Crippen LogP contribution in [0.3, 0.4) is 0 Å². The molecule has 5 heteroatoms. The number of aromatic nitrogens is 1. The van der Waals surface area contributed by atoms with Crippen LogP contribution in [-0.2, 0) is 9.59 Å². The van der Waals surface area contributed by atoms with Crippen LogP contribution in [0.4, 0.5) is 5.82 Å². The molecule has 102 valence electrons. The van der Waals surface area contributed by atoms with E-state index in [0.29, 0.717) is 5.82 Å². The standard InChI is InChI=1S/C14H19N3O2/c1-10(18)16-13(11-6-2-3-7-11)14(19)17-12-8-4-5-9-15-12/h4-5,8-9,11,13H,2-3,6-7H2,1H3,(H,16,18)(H,15,17,19). The van der Waals surface area contributed by atoms with E-state index in [-0.39, 0.29) is 17.7 Å². The number of hydrogen-bond donors (Lipinski definition) is 2. The molecular weight excluding hydrogens is 242 g/mol. The van der Waals surface area contributed by atoms with Crippen molar-refractivity contribution in [2.75, 3.05) is 5.32 Å². The fourth-order valence-electron chi connectivity index (χ4n) is 2.55. The number of pyridine rings is 1. The minimum atomic E-state index is -0.456. The minimum absolute atomic E-state index is 0.173. The highest BCUT2D eigenvalue weighted by atomic mass is 16.2.